The fourth-order valence-electron chi connectivity index (χ4n) is 2.29. The standard InChI is InChI=1S/C16H26N2O/c1-7-17-16(5,6)15(19)18-13(4)14-9-8-11(2)10-12(14)3/h8-10,13,17H,7H2,1-6H3,(H,18,19). The summed E-state index contributed by atoms with van der Waals surface area (Å²) in [5.41, 5.74) is 3.09. The van der Waals surface area contributed by atoms with E-state index in [1.807, 2.05) is 27.7 Å². The van der Waals surface area contributed by atoms with Gasteiger partial charge in [-0.05, 0) is 52.3 Å². The first-order valence-corrected chi connectivity index (χ1v) is 6.91. The van der Waals surface area contributed by atoms with E-state index in [1.54, 1.807) is 0 Å². The van der Waals surface area contributed by atoms with Gasteiger partial charge in [-0.15, -0.1) is 0 Å². The Labute approximate surface area is 116 Å². The SMILES string of the molecule is CCNC(C)(C)C(=O)NC(C)c1ccc(C)cc1C. The highest BCUT2D eigenvalue weighted by atomic mass is 16.2. The Kier molecular flexibility index (Phi) is 5.12. The second kappa shape index (κ2) is 6.20. The molecule has 1 atom stereocenters. The van der Waals surface area contributed by atoms with Crippen LogP contribution in [0.3, 0.4) is 0 Å². The Morgan fingerprint density at radius 2 is 1.95 bits per heavy atom. The minimum absolute atomic E-state index is 0.0195. The first kappa shape index (κ1) is 15.7. The lowest BCUT2D eigenvalue weighted by atomic mass is 9.98. The molecular weight excluding hydrogens is 236 g/mol. The Bertz CT molecular complexity index is 452. The van der Waals surface area contributed by atoms with Crippen LogP contribution >= 0.6 is 0 Å². The summed E-state index contributed by atoms with van der Waals surface area (Å²) in [6.45, 7) is 12.8. The third-order valence-electron chi connectivity index (χ3n) is 3.43. The van der Waals surface area contributed by atoms with Crippen molar-refractivity contribution in [2.75, 3.05) is 6.54 Å². The molecule has 0 aromatic heterocycles. The zero-order valence-electron chi connectivity index (χ0n) is 12.9. The topological polar surface area (TPSA) is 41.1 Å². The van der Waals surface area contributed by atoms with Gasteiger partial charge in [0.2, 0.25) is 5.91 Å². The number of aryl methyl sites for hydroxylation is 2. The third kappa shape index (κ3) is 4.06. The van der Waals surface area contributed by atoms with Crippen molar-refractivity contribution >= 4 is 5.91 Å². The number of carbonyl (C=O) groups is 1. The molecule has 0 aliphatic rings. The number of benzene rings is 1. The monoisotopic (exact) mass is 262 g/mol. The van der Waals surface area contributed by atoms with Crippen molar-refractivity contribution in [2.45, 2.75) is 53.1 Å². The lowest BCUT2D eigenvalue weighted by molar-refractivity contribution is -0.127. The van der Waals surface area contributed by atoms with Gasteiger partial charge in [-0.1, -0.05) is 30.7 Å². The first-order valence-electron chi connectivity index (χ1n) is 6.91. The van der Waals surface area contributed by atoms with Gasteiger partial charge < -0.3 is 10.6 Å². The van der Waals surface area contributed by atoms with Crippen LogP contribution < -0.4 is 10.6 Å². The van der Waals surface area contributed by atoms with E-state index in [1.165, 1.54) is 16.7 Å². The van der Waals surface area contributed by atoms with Crippen molar-refractivity contribution in [2.24, 2.45) is 0 Å². The molecule has 19 heavy (non-hydrogen) atoms. The molecule has 106 valence electrons. The van der Waals surface area contributed by atoms with E-state index in [2.05, 4.69) is 42.7 Å². The highest BCUT2D eigenvalue weighted by Gasteiger charge is 2.27. The summed E-state index contributed by atoms with van der Waals surface area (Å²) in [7, 11) is 0. The maximum atomic E-state index is 12.2. The number of nitrogens with one attached hydrogen (secondary N) is 2. The normalized spacial score (nSPS) is 13.2. The lowest BCUT2D eigenvalue weighted by Gasteiger charge is -2.27. The first-order chi connectivity index (χ1) is 8.77. The molecule has 0 spiro atoms. The molecule has 0 heterocycles. The fourth-order valence-corrected chi connectivity index (χ4v) is 2.29. The Balaban J connectivity index is 2.79. The Morgan fingerprint density at radius 3 is 2.47 bits per heavy atom. The minimum Gasteiger partial charge on any atom is -0.348 e. The number of amides is 1. The average Bonchev–Trinajstić information content (AvgIpc) is 2.28. The van der Waals surface area contributed by atoms with Crippen molar-refractivity contribution in [3.63, 3.8) is 0 Å². The van der Waals surface area contributed by atoms with Gasteiger partial charge in [-0.3, -0.25) is 4.79 Å². The second-order valence-corrected chi connectivity index (χ2v) is 5.71. The van der Waals surface area contributed by atoms with Crippen LogP contribution in [0, 0.1) is 13.8 Å². The van der Waals surface area contributed by atoms with E-state index < -0.39 is 5.54 Å². The van der Waals surface area contributed by atoms with Gasteiger partial charge in [-0.2, -0.15) is 0 Å². The zero-order valence-corrected chi connectivity index (χ0v) is 12.9. The zero-order chi connectivity index (χ0) is 14.6. The molecule has 0 aliphatic carbocycles. The van der Waals surface area contributed by atoms with Gasteiger partial charge in [0, 0.05) is 0 Å². The summed E-state index contributed by atoms with van der Waals surface area (Å²) < 4.78 is 0. The van der Waals surface area contributed by atoms with Crippen LogP contribution in [0.2, 0.25) is 0 Å². The highest BCUT2D eigenvalue weighted by molar-refractivity contribution is 5.85. The third-order valence-corrected chi connectivity index (χ3v) is 3.43. The molecular formula is C16H26N2O. The van der Waals surface area contributed by atoms with Crippen molar-refractivity contribution in [3.8, 4) is 0 Å². The molecule has 3 heteroatoms. The van der Waals surface area contributed by atoms with E-state index in [0.29, 0.717) is 0 Å². The van der Waals surface area contributed by atoms with Crippen LogP contribution in [-0.2, 0) is 4.79 Å². The van der Waals surface area contributed by atoms with Gasteiger partial charge in [0.15, 0.2) is 0 Å². The maximum Gasteiger partial charge on any atom is 0.240 e. The summed E-state index contributed by atoms with van der Waals surface area (Å²) in [4.78, 5) is 12.2. The number of likely N-dealkylation sites (N-methyl/N-ethyl adjacent to an activating group) is 1. The van der Waals surface area contributed by atoms with E-state index >= 15 is 0 Å². The van der Waals surface area contributed by atoms with E-state index in [4.69, 9.17) is 0 Å². The Morgan fingerprint density at radius 1 is 1.32 bits per heavy atom. The van der Waals surface area contributed by atoms with Crippen LogP contribution in [0.5, 0.6) is 0 Å². The number of hydrogen-bond donors (Lipinski definition) is 2. The largest absolute Gasteiger partial charge is 0.348 e. The predicted octanol–water partition coefficient (Wildman–Crippen LogP) is 2.87. The predicted molar refractivity (Wildman–Crippen MR) is 80.2 cm³/mol. The van der Waals surface area contributed by atoms with Crippen LogP contribution in [0.4, 0.5) is 0 Å². The summed E-state index contributed by atoms with van der Waals surface area (Å²) in [5.74, 6) is 0.0295. The average molecular weight is 262 g/mol. The highest BCUT2D eigenvalue weighted by Crippen LogP contribution is 2.19. The molecule has 1 unspecified atom stereocenters. The van der Waals surface area contributed by atoms with Crippen LogP contribution in [0.15, 0.2) is 18.2 Å². The van der Waals surface area contributed by atoms with Crippen LogP contribution in [0.25, 0.3) is 0 Å². The van der Waals surface area contributed by atoms with Crippen LogP contribution in [-0.4, -0.2) is 18.0 Å². The van der Waals surface area contributed by atoms with Crippen molar-refractivity contribution in [1.29, 1.82) is 0 Å². The number of hydrogen-bond acceptors (Lipinski definition) is 2. The van der Waals surface area contributed by atoms with Gasteiger partial charge in [-0.25, -0.2) is 0 Å². The smallest absolute Gasteiger partial charge is 0.240 e. The molecule has 1 rings (SSSR count). The van der Waals surface area contributed by atoms with Gasteiger partial charge in [0.25, 0.3) is 0 Å². The van der Waals surface area contributed by atoms with Gasteiger partial charge in [0.1, 0.15) is 0 Å². The summed E-state index contributed by atoms with van der Waals surface area (Å²) in [6, 6.07) is 6.34. The molecule has 1 amide bonds. The number of carbonyl (C=O) groups excluding carboxylic acids is 1. The van der Waals surface area contributed by atoms with Crippen LogP contribution in [0.1, 0.15) is 50.4 Å². The van der Waals surface area contributed by atoms with Crippen molar-refractivity contribution in [1.82, 2.24) is 10.6 Å². The summed E-state index contributed by atoms with van der Waals surface area (Å²) in [5, 5.41) is 6.27. The van der Waals surface area contributed by atoms with Crippen molar-refractivity contribution in [3.05, 3.63) is 34.9 Å². The molecule has 2 N–H and O–H groups in total. The molecule has 0 aliphatic heterocycles. The molecule has 0 saturated carbocycles. The molecule has 0 fully saturated rings. The molecule has 0 saturated heterocycles. The maximum absolute atomic E-state index is 12.2. The minimum atomic E-state index is -0.540. The van der Waals surface area contributed by atoms with Gasteiger partial charge in [0.05, 0.1) is 11.6 Å². The molecule has 3 nitrogen and oxygen atoms in total. The van der Waals surface area contributed by atoms with E-state index in [-0.39, 0.29) is 11.9 Å². The van der Waals surface area contributed by atoms with Gasteiger partial charge >= 0.3 is 0 Å². The van der Waals surface area contributed by atoms with Crippen molar-refractivity contribution < 1.29 is 4.79 Å². The number of rotatable bonds is 5. The molecule has 0 bridgehead atoms. The molecule has 1 aromatic carbocycles. The Hall–Kier alpha value is -1.35. The second-order valence-electron chi connectivity index (χ2n) is 5.71. The van der Waals surface area contributed by atoms with E-state index in [9.17, 15) is 4.79 Å². The lowest BCUT2D eigenvalue weighted by Crippen LogP contribution is -2.53. The van der Waals surface area contributed by atoms with E-state index in [0.717, 1.165) is 6.54 Å². The molecule has 1 aromatic rings. The summed E-state index contributed by atoms with van der Waals surface area (Å²) >= 11 is 0. The summed E-state index contributed by atoms with van der Waals surface area (Å²) in [6.07, 6.45) is 0. The molecule has 0 radical (unpaired) electrons. The quantitative estimate of drug-likeness (QED) is 0.856. The fraction of sp³-hybridized carbons (Fsp3) is 0.562.